The van der Waals surface area contributed by atoms with Gasteiger partial charge < -0.3 is 10.1 Å². The first-order valence-electron chi connectivity index (χ1n) is 8.24. The topological polar surface area (TPSA) is 41.6 Å². The minimum Gasteiger partial charge on any atom is -0.494 e. The monoisotopic (exact) mass is 304 g/mol. The van der Waals surface area contributed by atoms with Gasteiger partial charge >= 0.3 is 0 Å². The lowest BCUT2D eigenvalue weighted by Gasteiger charge is -2.38. The molecule has 1 fully saturated rings. The van der Waals surface area contributed by atoms with E-state index in [4.69, 9.17) is 4.74 Å². The maximum Gasteiger partial charge on any atom is 0.225 e. The highest BCUT2D eigenvalue weighted by atomic mass is 16.5. The number of nitrogens with zero attached hydrogens (tertiary/aromatic N) is 1. The van der Waals surface area contributed by atoms with Gasteiger partial charge in [-0.15, -0.1) is 0 Å². The fourth-order valence-corrected chi connectivity index (χ4v) is 2.70. The third kappa shape index (κ3) is 5.02. The van der Waals surface area contributed by atoms with Crippen LogP contribution in [-0.4, -0.2) is 37.6 Å². The van der Waals surface area contributed by atoms with Gasteiger partial charge in [0, 0.05) is 26.7 Å². The first-order valence-corrected chi connectivity index (χ1v) is 8.24. The fourth-order valence-electron chi connectivity index (χ4n) is 2.70. The summed E-state index contributed by atoms with van der Waals surface area (Å²) >= 11 is 0. The molecule has 0 radical (unpaired) electrons. The zero-order valence-corrected chi connectivity index (χ0v) is 14.0. The van der Waals surface area contributed by atoms with E-state index >= 15 is 0 Å². The molecule has 1 aromatic carbocycles. The molecule has 0 spiro atoms. The molecular weight excluding hydrogens is 276 g/mol. The quantitative estimate of drug-likeness (QED) is 0.751. The SMILES string of the molecule is CNC(=O)C1CN(Cc2ccc(OCCCC(C)C)cc2)C1. The van der Waals surface area contributed by atoms with Crippen molar-refractivity contribution < 1.29 is 9.53 Å². The van der Waals surface area contributed by atoms with E-state index in [1.807, 2.05) is 12.1 Å². The van der Waals surface area contributed by atoms with Crippen LogP contribution in [0.25, 0.3) is 0 Å². The Balaban J connectivity index is 1.68. The van der Waals surface area contributed by atoms with Crippen LogP contribution in [-0.2, 0) is 11.3 Å². The number of rotatable bonds is 8. The minimum atomic E-state index is 0.154. The molecule has 22 heavy (non-hydrogen) atoms. The molecular formula is C18H28N2O2. The molecule has 1 aliphatic rings. The van der Waals surface area contributed by atoms with Crippen LogP contribution in [0.1, 0.15) is 32.3 Å². The molecule has 1 N–H and O–H groups in total. The van der Waals surface area contributed by atoms with Crippen LogP contribution in [0, 0.1) is 11.8 Å². The zero-order valence-electron chi connectivity index (χ0n) is 14.0. The lowest BCUT2D eigenvalue weighted by atomic mass is 9.98. The summed E-state index contributed by atoms with van der Waals surface area (Å²) in [5, 5.41) is 2.71. The molecule has 0 atom stereocenters. The van der Waals surface area contributed by atoms with Crippen molar-refractivity contribution in [2.24, 2.45) is 11.8 Å². The second kappa shape index (κ2) is 8.18. The molecule has 0 aliphatic carbocycles. The standard InChI is InChI=1S/C18H28N2O2/c1-14(2)5-4-10-22-17-8-6-15(7-9-17)11-20-12-16(13-20)18(21)19-3/h6-9,14,16H,4-5,10-13H2,1-3H3,(H,19,21). The van der Waals surface area contributed by atoms with Gasteiger partial charge in [0.1, 0.15) is 5.75 Å². The average molecular weight is 304 g/mol. The Morgan fingerprint density at radius 1 is 1.32 bits per heavy atom. The van der Waals surface area contributed by atoms with Gasteiger partial charge in [0.2, 0.25) is 5.91 Å². The lowest BCUT2D eigenvalue weighted by Crippen LogP contribution is -2.52. The highest BCUT2D eigenvalue weighted by molar-refractivity contribution is 5.79. The number of carbonyl (C=O) groups is 1. The number of carbonyl (C=O) groups excluding carboxylic acids is 1. The first kappa shape index (κ1) is 16.8. The van der Waals surface area contributed by atoms with Crippen molar-refractivity contribution in [2.75, 3.05) is 26.7 Å². The summed E-state index contributed by atoms with van der Waals surface area (Å²) in [4.78, 5) is 13.7. The second-order valence-corrected chi connectivity index (χ2v) is 6.53. The molecule has 1 aromatic rings. The Labute approximate surface area is 133 Å². The number of benzene rings is 1. The molecule has 1 aliphatic heterocycles. The normalized spacial score (nSPS) is 15.6. The largest absolute Gasteiger partial charge is 0.494 e. The zero-order chi connectivity index (χ0) is 15.9. The van der Waals surface area contributed by atoms with Gasteiger partial charge in [-0.25, -0.2) is 0 Å². The maximum absolute atomic E-state index is 11.4. The predicted molar refractivity (Wildman–Crippen MR) is 88.8 cm³/mol. The highest BCUT2D eigenvalue weighted by Crippen LogP contribution is 2.20. The van der Waals surface area contributed by atoms with Gasteiger partial charge in [-0.3, -0.25) is 9.69 Å². The summed E-state index contributed by atoms with van der Waals surface area (Å²) < 4.78 is 5.75. The highest BCUT2D eigenvalue weighted by Gasteiger charge is 2.31. The molecule has 4 nitrogen and oxygen atoms in total. The molecule has 2 rings (SSSR count). The van der Waals surface area contributed by atoms with Crippen molar-refractivity contribution in [1.82, 2.24) is 10.2 Å². The average Bonchev–Trinajstić information content (AvgIpc) is 2.47. The van der Waals surface area contributed by atoms with E-state index in [1.54, 1.807) is 7.05 Å². The van der Waals surface area contributed by atoms with Crippen LogP contribution in [0.4, 0.5) is 0 Å². The van der Waals surface area contributed by atoms with Crippen molar-refractivity contribution in [1.29, 1.82) is 0 Å². The summed E-state index contributed by atoms with van der Waals surface area (Å²) in [6, 6.07) is 8.32. The van der Waals surface area contributed by atoms with E-state index in [1.165, 1.54) is 12.0 Å². The van der Waals surface area contributed by atoms with Crippen LogP contribution in [0.3, 0.4) is 0 Å². The lowest BCUT2D eigenvalue weighted by molar-refractivity contribution is -0.129. The fraction of sp³-hybridized carbons (Fsp3) is 0.611. The van der Waals surface area contributed by atoms with Gasteiger partial charge in [0.25, 0.3) is 0 Å². The van der Waals surface area contributed by atoms with Gasteiger partial charge in [0.05, 0.1) is 12.5 Å². The Hall–Kier alpha value is -1.55. The third-order valence-electron chi connectivity index (χ3n) is 4.10. The van der Waals surface area contributed by atoms with Crippen molar-refractivity contribution in [2.45, 2.75) is 33.2 Å². The molecule has 0 aromatic heterocycles. The Kier molecular flexibility index (Phi) is 6.25. The van der Waals surface area contributed by atoms with Gasteiger partial charge in [0.15, 0.2) is 0 Å². The maximum atomic E-state index is 11.4. The molecule has 1 heterocycles. The van der Waals surface area contributed by atoms with Gasteiger partial charge in [-0.1, -0.05) is 26.0 Å². The smallest absolute Gasteiger partial charge is 0.225 e. The number of amides is 1. The Morgan fingerprint density at radius 3 is 2.59 bits per heavy atom. The van der Waals surface area contributed by atoms with Crippen LogP contribution >= 0.6 is 0 Å². The number of hydrogen-bond acceptors (Lipinski definition) is 3. The van der Waals surface area contributed by atoms with E-state index in [-0.39, 0.29) is 11.8 Å². The van der Waals surface area contributed by atoms with Crippen LogP contribution in [0.5, 0.6) is 5.75 Å². The molecule has 122 valence electrons. The predicted octanol–water partition coefficient (Wildman–Crippen LogP) is 2.68. The molecule has 0 unspecified atom stereocenters. The van der Waals surface area contributed by atoms with Crippen molar-refractivity contribution in [3.8, 4) is 5.75 Å². The summed E-state index contributed by atoms with van der Waals surface area (Å²) in [5.41, 5.74) is 1.27. The number of hydrogen-bond donors (Lipinski definition) is 1. The first-order chi connectivity index (χ1) is 10.6. The Morgan fingerprint density at radius 2 is 2.00 bits per heavy atom. The van der Waals surface area contributed by atoms with Crippen molar-refractivity contribution in [3.05, 3.63) is 29.8 Å². The third-order valence-corrected chi connectivity index (χ3v) is 4.10. The Bertz CT molecular complexity index is 464. The number of ether oxygens (including phenoxy) is 1. The number of nitrogens with one attached hydrogen (secondary N) is 1. The summed E-state index contributed by atoms with van der Waals surface area (Å²) in [5.74, 6) is 2.00. The van der Waals surface area contributed by atoms with Crippen molar-refractivity contribution >= 4 is 5.91 Å². The van der Waals surface area contributed by atoms with E-state index in [0.29, 0.717) is 0 Å². The minimum absolute atomic E-state index is 0.154. The molecule has 1 saturated heterocycles. The summed E-state index contributed by atoms with van der Waals surface area (Å²) in [6.07, 6.45) is 2.31. The van der Waals surface area contributed by atoms with E-state index in [9.17, 15) is 4.79 Å². The second-order valence-electron chi connectivity index (χ2n) is 6.53. The van der Waals surface area contributed by atoms with Gasteiger partial charge in [-0.2, -0.15) is 0 Å². The molecule has 4 heteroatoms. The van der Waals surface area contributed by atoms with Crippen LogP contribution < -0.4 is 10.1 Å². The summed E-state index contributed by atoms with van der Waals surface area (Å²) in [7, 11) is 1.70. The van der Waals surface area contributed by atoms with Gasteiger partial charge in [-0.05, 0) is 36.5 Å². The van der Waals surface area contributed by atoms with E-state index < -0.39 is 0 Å². The van der Waals surface area contributed by atoms with E-state index in [2.05, 4.69) is 36.2 Å². The van der Waals surface area contributed by atoms with Crippen molar-refractivity contribution in [3.63, 3.8) is 0 Å². The molecule has 0 saturated carbocycles. The van der Waals surface area contributed by atoms with Crippen LogP contribution in [0.15, 0.2) is 24.3 Å². The number of likely N-dealkylation sites (tertiary alicyclic amines) is 1. The molecule has 1 amide bonds. The van der Waals surface area contributed by atoms with E-state index in [0.717, 1.165) is 44.3 Å². The summed E-state index contributed by atoms with van der Waals surface area (Å²) in [6.45, 7) is 7.87. The van der Waals surface area contributed by atoms with Crippen LogP contribution in [0.2, 0.25) is 0 Å². The molecule has 0 bridgehead atoms.